The summed E-state index contributed by atoms with van der Waals surface area (Å²) >= 11 is 0. The van der Waals surface area contributed by atoms with Crippen molar-refractivity contribution in [2.24, 2.45) is 0 Å². The van der Waals surface area contributed by atoms with E-state index in [9.17, 15) is 4.79 Å². The van der Waals surface area contributed by atoms with E-state index < -0.39 is 6.09 Å². The fraction of sp³-hybridized carbons (Fsp3) is 0.643. The van der Waals surface area contributed by atoms with Crippen molar-refractivity contribution in [3.63, 3.8) is 0 Å². The molecule has 0 aromatic carbocycles. The van der Waals surface area contributed by atoms with Gasteiger partial charge in [-0.1, -0.05) is 0 Å². The molecule has 21 heavy (non-hydrogen) atoms. The summed E-state index contributed by atoms with van der Waals surface area (Å²) in [7, 11) is 1.63. The molecular weight excluding hydrogens is 272 g/mol. The van der Waals surface area contributed by atoms with Crippen LogP contribution in [0.1, 0.15) is 31.2 Å². The number of aromatic nitrogens is 2. The Balaban J connectivity index is 1.77. The Kier molecular flexibility index (Phi) is 3.57. The molecule has 2 heterocycles. The molecule has 1 saturated heterocycles. The molecule has 1 unspecified atom stereocenters. The normalized spacial score (nSPS) is 22.3. The molecule has 3 rings (SSSR count). The van der Waals surface area contributed by atoms with Crippen molar-refractivity contribution in [3.8, 4) is 5.88 Å². The van der Waals surface area contributed by atoms with Gasteiger partial charge < -0.3 is 19.6 Å². The minimum Gasteiger partial charge on any atom is -0.481 e. The third-order valence-corrected chi connectivity index (χ3v) is 4.13. The molecule has 2 fully saturated rings. The van der Waals surface area contributed by atoms with E-state index in [1.165, 1.54) is 17.7 Å². The maximum Gasteiger partial charge on any atom is 0.407 e. The molecule has 1 atom stereocenters. The average Bonchev–Trinajstić information content (AvgIpc) is 3.30. The Bertz CT molecular complexity index is 547. The Hall–Kier alpha value is -2.05. The molecule has 7 heteroatoms. The number of carboxylic acid groups (broad SMARTS) is 1. The second kappa shape index (κ2) is 5.38. The summed E-state index contributed by atoms with van der Waals surface area (Å²) in [4.78, 5) is 23.5. The number of methoxy groups -OCH3 is 1. The van der Waals surface area contributed by atoms with Gasteiger partial charge in [0.25, 0.3) is 0 Å². The van der Waals surface area contributed by atoms with Crippen molar-refractivity contribution in [2.45, 2.75) is 31.7 Å². The van der Waals surface area contributed by atoms with Crippen LogP contribution in [0.15, 0.2) is 6.20 Å². The average molecular weight is 292 g/mol. The molecule has 1 aromatic rings. The lowest BCUT2D eigenvalue weighted by Gasteiger charge is -2.38. The summed E-state index contributed by atoms with van der Waals surface area (Å²) in [6, 6.07) is -0.0750. The van der Waals surface area contributed by atoms with Crippen molar-refractivity contribution in [1.29, 1.82) is 0 Å². The second-order valence-corrected chi connectivity index (χ2v) is 5.68. The number of hydrogen-bond donors (Lipinski definition) is 1. The van der Waals surface area contributed by atoms with Crippen LogP contribution < -0.4 is 9.64 Å². The minimum atomic E-state index is -0.871. The van der Waals surface area contributed by atoms with E-state index in [1.807, 2.05) is 18.0 Å². The zero-order valence-electron chi connectivity index (χ0n) is 12.3. The largest absolute Gasteiger partial charge is 0.481 e. The van der Waals surface area contributed by atoms with Crippen LogP contribution in [0.5, 0.6) is 5.88 Å². The molecule has 7 nitrogen and oxygen atoms in total. The highest BCUT2D eigenvalue weighted by Crippen LogP contribution is 2.43. The molecule has 1 aliphatic carbocycles. The zero-order chi connectivity index (χ0) is 15.0. The van der Waals surface area contributed by atoms with Gasteiger partial charge >= 0.3 is 6.09 Å². The van der Waals surface area contributed by atoms with Gasteiger partial charge in [-0.2, -0.15) is 4.98 Å². The van der Waals surface area contributed by atoms with Gasteiger partial charge in [0.05, 0.1) is 7.11 Å². The van der Waals surface area contributed by atoms with E-state index >= 15 is 0 Å². The maximum absolute atomic E-state index is 11.1. The Morgan fingerprint density at radius 3 is 2.76 bits per heavy atom. The van der Waals surface area contributed by atoms with Gasteiger partial charge in [0, 0.05) is 37.4 Å². The fourth-order valence-electron chi connectivity index (χ4n) is 2.78. The van der Waals surface area contributed by atoms with Gasteiger partial charge in [-0.3, -0.25) is 0 Å². The Labute approximate surface area is 123 Å². The lowest BCUT2D eigenvalue weighted by molar-refractivity contribution is 0.122. The van der Waals surface area contributed by atoms with Gasteiger partial charge in [-0.25, -0.2) is 9.78 Å². The Morgan fingerprint density at radius 2 is 2.19 bits per heavy atom. The number of rotatable bonds is 3. The molecule has 1 aliphatic heterocycles. The van der Waals surface area contributed by atoms with Crippen LogP contribution in [0.25, 0.3) is 0 Å². The SMILES string of the molecule is COc1nc(N2CCN(C(=O)O)C(C)C2)ncc1C1CC1. The summed E-state index contributed by atoms with van der Waals surface area (Å²) in [5, 5.41) is 9.11. The zero-order valence-corrected chi connectivity index (χ0v) is 12.3. The molecular formula is C14H20N4O3. The summed E-state index contributed by atoms with van der Waals surface area (Å²) in [6.45, 7) is 3.56. The van der Waals surface area contributed by atoms with Gasteiger partial charge in [0.1, 0.15) is 0 Å². The van der Waals surface area contributed by atoms with Crippen LogP contribution in [0, 0.1) is 0 Å². The van der Waals surface area contributed by atoms with Crippen LogP contribution in [0.2, 0.25) is 0 Å². The first-order chi connectivity index (χ1) is 10.1. The number of piperazine rings is 1. The third-order valence-electron chi connectivity index (χ3n) is 4.13. The van der Waals surface area contributed by atoms with Crippen LogP contribution in [-0.4, -0.2) is 58.9 Å². The lowest BCUT2D eigenvalue weighted by Crippen LogP contribution is -2.54. The van der Waals surface area contributed by atoms with Crippen molar-refractivity contribution >= 4 is 12.0 Å². The van der Waals surface area contributed by atoms with Gasteiger partial charge in [-0.05, 0) is 25.7 Å². The van der Waals surface area contributed by atoms with Gasteiger partial charge in [0.2, 0.25) is 11.8 Å². The number of nitrogens with zero attached hydrogens (tertiary/aromatic N) is 4. The highest BCUT2D eigenvalue weighted by atomic mass is 16.5. The van der Waals surface area contributed by atoms with Crippen LogP contribution in [-0.2, 0) is 0 Å². The molecule has 2 aliphatic rings. The molecule has 1 amide bonds. The number of amides is 1. The molecule has 0 spiro atoms. The Morgan fingerprint density at radius 1 is 1.43 bits per heavy atom. The maximum atomic E-state index is 11.1. The van der Waals surface area contributed by atoms with Crippen LogP contribution >= 0.6 is 0 Å². The lowest BCUT2D eigenvalue weighted by atomic mass is 10.2. The van der Waals surface area contributed by atoms with E-state index in [4.69, 9.17) is 9.84 Å². The number of ether oxygens (including phenoxy) is 1. The first-order valence-electron chi connectivity index (χ1n) is 7.25. The van der Waals surface area contributed by atoms with E-state index in [1.54, 1.807) is 7.11 Å². The summed E-state index contributed by atoms with van der Waals surface area (Å²) < 4.78 is 5.38. The number of anilines is 1. The van der Waals surface area contributed by atoms with E-state index in [0.717, 1.165) is 5.56 Å². The predicted octanol–water partition coefficient (Wildman–Crippen LogP) is 1.55. The monoisotopic (exact) mass is 292 g/mol. The highest BCUT2D eigenvalue weighted by molar-refractivity contribution is 5.66. The summed E-state index contributed by atoms with van der Waals surface area (Å²) in [5.74, 6) is 1.81. The van der Waals surface area contributed by atoms with Crippen molar-refractivity contribution in [3.05, 3.63) is 11.8 Å². The van der Waals surface area contributed by atoms with Gasteiger partial charge in [-0.15, -0.1) is 0 Å². The first kappa shape index (κ1) is 13.9. The summed E-state index contributed by atoms with van der Waals surface area (Å²) in [5.41, 5.74) is 1.08. The topological polar surface area (TPSA) is 78.8 Å². The third kappa shape index (κ3) is 2.72. The van der Waals surface area contributed by atoms with E-state index in [2.05, 4.69) is 9.97 Å². The smallest absolute Gasteiger partial charge is 0.407 e. The van der Waals surface area contributed by atoms with Crippen molar-refractivity contribution in [1.82, 2.24) is 14.9 Å². The number of hydrogen-bond acceptors (Lipinski definition) is 5. The van der Waals surface area contributed by atoms with Crippen molar-refractivity contribution in [2.75, 3.05) is 31.6 Å². The predicted molar refractivity (Wildman–Crippen MR) is 77.0 cm³/mol. The molecule has 114 valence electrons. The molecule has 1 saturated carbocycles. The van der Waals surface area contributed by atoms with Crippen LogP contribution in [0.3, 0.4) is 0 Å². The standard InChI is InChI=1S/C14H20N4O3/c1-9-8-17(5-6-18(9)14(19)20)13-15-7-11(10-3-4-10)12(16-13)21-2/h7,9-10H,3-6,8H2,1-2H3,(H,19,20). The highest BCUT2D eigenvalue weighted by Gasteiger charge is 2.31. The first-order valence-corrected chi connectivity index (χ1v) is 7.25. The molecule has 0 bridgehead atoms. The number of carbonyl (C=O) groups is 1. The molecule has 0 radical (unpaired) electrons. The molecule has 1 aromatic heterocycles. The van der Waals surface area contributed by atoms with Crippen LogP contribution in [0.4, 0.5) is 10.7 Å². The van der Waals surface area contributed by atoms with Gasteiger partial charge in [0.15, 0.2) is 0 Å². The van der Waals surface area contributed by atoms with Crippen molar-refractivity contribution < 1.29 is 14.6 Å². The quantitative estimate of drug-likeness (QED) is 0.910. The van der Waals surface area contributed by atoms with E-state index in [0.29, 0.717) is 37.4 Å². The summed E-state index contributed by atoms with van der Waals surface area (Å²) in [6.07, 6.45) is 3.33. The minimum absolute atomic E-state index is 0.0750. The second-order valence-electron chi connectivity index (χ2n) is 5.68. The fourth-order valence-corrected chi connectivity index (χ4v) is 2.78. The van der Waals surface area contributed by atoms with E-state index in [-0.39, 0.29) is 6.04 Å². The molecule has 1 N–H and O–H groups in total.